The molecule has 0 bridgehead atoms. The summed E-state index contributed by atoms with van der Waals surface area (Å²) in [4.78, 5) is 0. The molecule has 0 atom stereocenters. The summed E-state index contributed by atoms with van der Waals surface area (Å²) >= 11 is 3.51. The van der Waals surface area contributed by atoms with Gasteiger partial charge in [0.1, 0.15) is 0 Å². The first-order valence-corrected chi connectivity index (χ1v) is 4.90. The van der Waals surface area contributed by atoms with Crippen LogP contribution in [-0.2, 0) is 6.42 Å². The summed E-state index contributed by atoms with van der Waals surface area (Å²) < 4.78 is 1.18. The van der Waals surface area contributed by atoms with Crippen molar-refractivity contribution >= 4 is 15.9 Å². The molecule has 2 N–H and O–H groups in total. The summed E-state index contributed by atoms with van der Waals surface area (Å²) in [6.45, 7) is 4.98. The van der Waals surface area contributed by atoms with Crippen molar-refractivity contribution in [3.8, 4) is 0 Å². The lowest BCUT2D eigenvalue weighted by molar-refractivity contribution is 0.944. The van der Waals surface area contributed by atoms with Crippen LogP contribution in [0.4, 0.5) is 0 Å². The van der Waals surface area contributed by atoms with Crippen molar-refractivity contribution < 1.29 is 0 Å². The molecule has 1 aromatic carbocycles. The maximum atomic E-state index is 5.53. The molecule has 0 radical (unpaired) electrons. The van der Waals surface area contributed by atoms with Gasteiger partial charge in [-0.3, -0.25) is 0 Å². The molecule has 1 aromatic rings. The van der Waals surface area contributed by atoms with Crippen LogP contribution in [0.25, 0.3) is 0 Å². The number of halogens is 1. The molecule has 0 saturated carbocycles. The average molecular weight is 228 g/mol. The topological polar surface area (TPSA) is 26.0 Å². The van der Waals surface area contributed by atoms with Crippen LogP contribution in [0, 0.1) is 13.8 Å². The number of nitrogens with two attached hydrogens (primary N) is 1. The Kier molecular flexibility index (Phi) is 3.29. The maximum absolute atomic E-state index is 5.53. The zero-order valence-corrected chi connectivity index (χ0v) is 9.11. The van der Waals surface area contributed by atoms with Crippen molar-refractivity contribution in [1.29, 1.82) is 0 Å². The Hall–Kier alpha value is -0.340. The van der Waals surface area contributed by atoms with Crippen molar-refractivity contribution in [3.05, 3.63) is 33.3 Å². The Balaban J connectivity index is 3.14. The smallest absolute Gasteiger partial charge is 0.0207 e. The van der Waals surface area contributed by atoms with Gasteiger partial charge in [-0.05, 0) is 49.6 Å². The summed E-state index contributed by atoms with van der Waals surface area (Å²) in [5.41, 5.74) is 9.57. The van der Waals surface area contributed by atoms with E-state index in [1.807, 2.05) is 0 Å². The Morgan fingerprint density at radius 2 is 2.00 bits per heavy atom. The van der Waals surface area contributed by atoms with Crippen LogP contribution < -0.4 is 5.73 Å². The highest BCUT2D eigenvalue weighted by Gasteiger charge is 2.03. The van der Waals surface area contributed by atoms with E-state index in [2.05, 4.69) is 41.9 Å². The predicted octanol–water partition coefficient (Wildman–Crippen LogP) is 2.57. The average Bonchev–Trinajstić information content (AvgIpc) is 2.06. The van der Waals surface area contributed by atoms with Gasteiger partial charge >= 0.3 is 0 Å². The van der Waals surface area contributed by atoms with Gasteiger partial charge in [-0.1, -0.05) is 22.0 Å². The van der Waals surface area contributed by atoms with Gasteiger partial charge in [-0.15, -0.1) is 0 Å². The molecule has 0 aliphatic heterocycles. The molecule has 0 aromatic heterocycles. The maximum Gasteiger partial charge on any atom is 0.0207 e. The molecule has 1 rings (SSSR count). The first kappa shape index (κ1) is 9.75. The fourth-order valence-electron chi connectivity index (χ4n) is 1.39. The van der Waals surface area contributed by atoms with Gasteiger partial charge in [0.15, 0.2) is 0 Å². The van der Waals surface area contributed by atoms with Crippen molar-refractivity contribution in [1.82, 2.24) is 0 Å². The molecular formula is C10H14BrN. The standard InChI is InChI=1S/C10H14BrN/c1-7-3-4-10(11)8(2)9(7)5-6-12/h3-4H,5-6,12H2,1-2H3. The van der Waals surface area contributed by atoms with Gasteiger partial charge in [-0.2, -0.15) is 0 Å². The van der Waals surface area contributed by atoms with E-state index in [9.17, 15) is 0 Å². The lowest BCUT2D eigenvalue weighted by atomic mass is 10.0. The molecule has 0 unspecified atom stereocenters. The SMILES string of the molecule is Cc1ccc(Br)c(C)c1CCN. The third-order valence-corrected chi connectivity index (χ3v) is 3.02. The molecule has 12 heavy (non-hydrogen) atoms. The summed E-state index contributed by atoms with van der Waals surface area (Å²) in [6.07, 6.45) is 0.969. The van der Waals surface area contributed by atoms with E-state index in [4.69, 9.17) is 5.73 Å². The third-order valence-electron chi connectivity index (χ3n) is 2.16. The number of hydrogen-bond donors (Lipinski definition) is 1. The Bertz CT molecular complexity index is 281. The van der Waals surface area contributed by atoms with E-state index in [0.717, 1.165) is 13.0 Å². The van der Waals surface area contributed by atoms with Gasteiger partial charge in [0.05, 0.1) is 0 Å². The molecule has 2 heteroatoms. The molecule has 0 aliphatic rings. The van der Waals surface area contributed by atoms with Crippen molar-refractivity contribution in [3.63, 3.8) is 0 Å². The molecule has 1 nitrogen and oxygen atoms in total. The summed E-state index contributed by atoms with van der Waals surface area (Å²) in [5.74, 6) is 0. The van der Waals surface area contributed by atoms with Crippen LogP contribution in [0.3, 0.4) is 0 Å². The van der Waals surface area contributed by atoms with E-state index in [0.29, 0.717) is 0 Å². The van der Waals surface area contributed by atoms with Crippen molar-refractivity contribution in [2.24, 2.45) is 5.73 Å². The molecule has 0 heterocycles. The molecule has 0 fully saturated rings. The highest BCUT2D eigenvalue weighted by atomic mass is 79.9. The lowest BCUT2D eigenvalue weighted by Gasteiger charge is -2.09. The van der Waals surface area contributed by atoms with Gasteiger partial charge in [0.2, 0.25) is 0 Å². The van der Waals surface area contributed by atoms with Crippen LogP contribution >= 0.6 is 15.9 Å². The van der Waals surface area contributed by atoms with Crippen molar-refractivity contribution in [2.45, 2.75) is 20.3 Å². The molecule has 66 valence electrons. The summed E-state index contributed by atoms with van der Waals surface area (Å²) in [7, 11) is 0. The minimum atomic E-state index is 0.720. The van der Waals surface area contributed by atoms with E-state index < -0.39 is 0 Å². The van der Waals surface area contributed by atoms with E-state index >= 15 is 0 Å². The zero-order valence-electron chi connectivity index (χ0n) is 7.52. The van der Waals surface area contributed by atoms with Crippen LogP contribution in [0.1, 0.15) is 16.7 Å². The van der Waals surface area contributed by atoms with Gasteiger partial charge in [0.25, 0.3) is 0 Å². The van der Waals surface area contributed by atoms with Crippen LogP contribution in [0.5, 0.6) is 0 Å². The number of benzene rings is 1. The molecule has 0 amide bonds. The number of hydrogen-bond acceptors (Lipinski definition) is 1. The van der Waals surface area contributed by atoms with Crippen molar-refractivity contribution in [2.75, 3.05) is 6.54 Å². The first-order valence-electron chi connectivity index (χ1n) is 4.11. The van der Waals surface area contributed by atoms with Crippen LogP contribution in [0.2, 0.25) is 0 Å². The second-order valence-electron chi connectivity index (χ2n) is 3.01. The fourth-order valence-corrected chi connectivity index (χ4v) is 1.76. The highest BCUT2D eigenvalue weighted by Crippen LogP contribution is 2.22. The number of rotatable bonds is 2. The molecule has 0 aliphatic carbocycles. The second-order valence-corrected chi connectivity index (χ2v) is 3.86. The molecule has 0 saturated heterocycles. The quantitative estimate of drug-likeness (QED) is 0.827. The van der Waals surface area contributed by atoms with Gasteiger partial charge < -0.3 is 5.73 Å². The van der Waals surface area contributed by atoms with Gasteiger partial charge in [0, 0.05) is 4.47 Å². The van der Waals surface area contributed by atoms with E-state index in [1.165, 1.54) is 21.2 Å². The van der Waals surface area contributed by atoms with E-state index in [1.54, 1.807) is 0 Å². The predicted molar refractivity (Wildman–Crippen MR) is 56.4 cm³/mol. The Morgan fingerprint density at radius 1 is 1.33 bits per heavy atom. The fraction of sp³-hybridized carbons (Fsp3) is 0.400. The Morgan fingerprint density at radius 3 is 2.58 bits per heavy atom. The minimum absolute atomic E-state index is 0.720. The van der Waals surface area contributed by atoms with Crippen LogP contribution in [-0.4, -0.2) is 6.54 Å². The summed E-state index contributed by atoms with van der Waals surface area (Å²) in [5, 5.41) is 0. The normalized spacial score (nSPS) is 10.3. The largest absolute Gasteiger partial charge is 0.330 e. The molecular weight excluding hydrogens is 214 g/mol. The zero-order chi connectivity index (χ0) is 9.14. The highest BCUT2D eigenvalue weighted by molar-refractivity contribution is 9.10. The minimum Gasteiger partial charge on any atom is -0.330 e. The monoisotopic (exact) mass is 227 g/mol. The van der Waals surface area contributed by atoms with E-state index in [-0.39, 0.29) is 0 Å². The second kappa shape index (κ2) is 4.06. The van der Waals surface area contributed by atoms with Crippen LogP contribution in [0.15, 0.2) is 16.6 Å². The number of aryl methyl sites for hydroxylation is 1. The van der Waals surface area contributed by atoms with Gasteiger partial charge in [-0.25, -0.2) is 0 Å². The first-order chi connectivity index (χ1) is 5.66. The lowest BCUT2D eigenvalue weighted by Crippen LogP contribution is -2.06. The third kappa shape index (κ3) is 1.87. The summed E-state index contributed by atoms with van der Waals surface area (Å²) in [6, 6.07) is 4.22. The Labute approximate surface area is 82.1 Å². The molecule has 0 spiro atoms.